The number of anilines is 1. The van der Waals surface area contributed by atoms with Crippen LogP contribution >= 0.6 is 0 Å². The van der Waals surface area contributed by atoms with Gasteiger partial charge in [-0.2, -0.15) is 0 Å². The second kappa shape index (κ2) is 6.02. The Morgan fingerprint density at radius 3 is 2.47 bits per heavy atom. The quantitative estimate of drug-likeness (QED) is 0.727. The third-order valence-electron chi connectivity index (χ3n) is 2.86. The molecule has 0 radical (unpaired) electrons. The predicted molar refractivity (Wildman–Crippen MR) is 76.4 cm³/mol. The van der Waals surface area contributed by atoms with Crippen LogP contribution in [-0.4, -0.2) is 5.91 Å². The number of amides is 1. The van der Waals surface area contributed by atoms with E-state index in [2.05, 4.69) is 5.32 Å². The third-order valence-corrected chi connectivity index (χ3v) is 2.86. The van der Waals surface area contributed by atoms with Crippen LogP contribution < -0.4 is 16.8 Å². The van der Waals surface area contributed by atoms with Crippen LogP contribution in [0.2, 0.25) is 0 Å². The fourth-order valence-corrected chi connectivity index (χ4v) is 1.76. The fourth-order valence-electron chi connectivity index (χ4n) is 1.76. The van der Waals surface area contributed by atoms with Crippen molar-refractivity contribution in [3.8, 4) is 0 Å². The van der Waals surface area contributed by atoms with E-state index in [4.69, 9.17) is 11.5 Å². The monoisotopic (exact) mass is 255 g/mol. The van der Waals surface area contributed by atoms with Gasteiger partial charge < -0.3 is 16.8 Å². The zero-order valence-electron chi connectivity index (χ0n) is 10.6. The Kier molecular flexibility index (Phi) is 4.15. The van der Waals surface area contributed by atoms with Crippen molar-refractivity contribution in [2.24, 2.45) is 5.73 Å². The molecule has 0 aliphatic rings. The second-order valence-electron chi connectivity index (χ2n) is 4.33. The molecule has 0 aliphatic heterocycles. The molecular formula is C15H17N3O. The van der Waals surface area contributed by atoms with Crippen molar-refractivity contribution in [2.75, 3.05) is 5.73 Å². The normalized spacial score (nSPS) is 10.2. The number of nitrogens with two attached hydrogens (primary N) is 2. The summed E-state index contributed by atoms with van der Waals surface area (Å²) in [5, 5.41) is 2.87. The van der Waals surface area contributed by atoms with Crippen LogP contribution in [0.3, 0.4) is 0 Å². The Morgan fingerprint density at radius 2 is 1.79 bits per heavy atom. The minimum atomic E-state index is -0.105. The average molecular weight is 255 g/mol. The molecular weight excluding hydrogens is 238 g/mol. The average Bonchev–Trinajstić information content (AvgIpc) is 2.46. The molecule has 0 aromatic heterocycles. The Balaban J connectivity index is 1.99. The molecule has 5 N–H and O–H groups in total. The van der Waals surface area contributed by atoms with Crippen molar-refractivity contribution >= 4 is 11.6 Å². The van der Waals surface area contributed by atoms with E-state index in [-0.39, 0.29) is 5.91 Å². The van der Waals surface area contributed by atoms with Crippen molar-refractivity contribution in [1.82, 2.24) is 5.32 Å². The van der Waals surface area contributed by atoms with E-state index in [0.29, 0.717) is 24.3 Å². The highest BCUT2D eigenvalue weighted by molar-refractivity contribution is 5.94. The van der Waals surface area contributed by atoms with E-state index in [1.54, 1.807) is 12.1 Å². The third kappa shape index (κ3) is 3.56. The van der Waals surface area contributed by atoms with Gasteiger partial charge in [0.05, 0.1) is 0 Å². The SMILES string of the molecule is NCc1cccc(C(=O)NCc2ccc(N)cc2)c1. The summed E-state index contributed by atoms with van der Waals surface area (Å²) in [6, 6.07) is 14.7. The van der Waals surface area contributed by atoms with Crippen LogP contribution in [0.15, 0.2) is 48.5 Å². The number of nitrogen functional groups attached to an aromatic ring is 1. The van der Waals surface area contributed by atoms with E-state index >= 15 is 0 Å². The first-order chi connectivity index (χ1) is 9.19. The maximum Gasteiger partial charge on any atom is 0.251 e. The van der Waals surface area contributed by atoms with Crippen molar-refractivity contribution in [3.05, 3.63) is 65.2 Å². The molecule has 98 valence electrons. The number of hydrogen-bond donors (Lipinski definition) is 3. The first-order valence-corrected chi connectivity index (χ1v) is 6.10. The van der Waals surface area contributed by atoms with E-state index in [1.165, 1.54) is 0 Å². The number of rotatable bonds is 4. The molecule has 0 bridgehead atoms. The highest BCUT2D eigenvalue weighted by atomic mass is 16.1. The summed E-state index contributed by atoms with van der Waals surface area (Å²) >= 11 is 0. The lowest BCUT2D eigenvalue weighted by Crippen LogP contribution is -2.22. The predicted octanol–water partition coefficient (Wildman–Crippen LogP) is 1.66. The number of benzene rings is 2. The maximum atomic E-state index is 12.0. The summed E-state index contributed by atoms with van der Waals surface area (Å²) in [5.41, 5.74) is 14.5. The molecule has 0 heterocycles. The lowest BCUT2D eigenvalue weighted by atomic mass is 10.1. The summed E-state index contributed by atoms with van der Waals surface area (Å²) in [6.45, 7) is 0.908. The zero-order valence-corrected chi connectivity index (χ0v) is 10.6. The lowest BCUT2D eigenvalue weighted by Gasteiger charge is -2.07. The fraction of sp³-hybridized carbons (Fsp3) is 0.133. The van der Waals surface area contributed by atoms with Gasteiger partial charge in [-0.3, -0.25) is 4.79 Å². The van der Waals surface area contributed by atoms with Crippen LogP contribution in [0.5, 0.6) is 0 Å². The molecule has 0 fully saturated rings. The van der Waals surface area contributed by atoms with Gasteiger partial charge in [0.15, 0.2) is 0 Å². The van der Waals surface area contributed by atoms with Crippen LogP contribution in [0.4, 0.5) is 5.69 Å². The molecule has 19 heavy (non-hydrogen) atoms. The van der Waals surface area contributed by atoms with Gasteiger partial charge in [0, 0.05) is 24.3 Å². The summed E-state index contributed by atoms with van der Waals surface area (Å²) in [5.74, 6) is -0.105. The number of nitrogens with one attached hydrogen (secondary N) is 1. The van der Waals surface area contributed by atoms with E-state index in [9.17, 15) is 4.79 Å². The van der Waals surface area contributed by atoms with Crippen molar-refractivity contribution in [2.45, 2.75) is 13.1 Å². The smallest absolute Gasteiger partial charge is 0.251 e. The Bertz CT molecular complexity index is 564. The highest BCUT2D eigenvalue weighted by Crippen LogP contribution is 2.07. The van der Waals surface area contributed by atoms with Gasteiger partial charge in [0.1, 0.15) is 0 Å². The summed E-state index contributed by atoms with van der Waals surface area (Å²) in [6.07, 6.45) is 0. The van der Waals surface area contributed by atoms with E-state index in [0.717, 1.165) is 11.1 Å². The Morgan fingerprint density at radius 1 is 1.05 bits per heavy atom. The topological polar surface area (TPSA) is 81.1 Å². The molecule has 2 aromatic rings. The Labute approximate surface area is 112 Å². The van der Waals surface area contributed by atoms with E-state index < -0.39 is 0 Å². The van der Waals surface area contributed by atoms with Crippen LogP contribution in [-0.2, 0) is 13.1 Å². The molecule has 4 heteroatoms. The van der Waals surface area contributed by atoms with Gasteiger partial charge in [-0.25, -0.2) is 0 Å². The molecule has 2 rings (SSSR count). The molecule has 1 amide bonds. The maximum absolute atomic E-state index is 12.0. The summed E-state index contributed by atoms with van der Waals surface area (Å²) in [7, 11) is 0. The molecule has 0 saturated carbocycles. The standard InChI is InChI=1S/C15H17N3O/c16-9-12-2-1-3-13(8-12)15(19)18-10-11-4-6-14(17)7-5-11/h1-8H,9-10,16-17H2,(H,18,19). The van der Waals surface area contributed by atoms with Gasteiger partial charge in [0.25, 0.3) is 5.91 Å². The van der Waals surface area contributed by atoms with E-state index in [1.807, 2.05) is 36.4 Å². The largest absolute Gasteiger partial charge is 0.399 e. The zero-order chi connectivity index (χ0) is 13.7. The first-order valence-electron chi connectivity index (χ1n) is 6.10. The molecule has 2 aromatic carbocycles. The molecule has 4 nitrogen and oxygen atoms in total. The van der Waals surface area contributed by atoms with Gasteiger partial charge in [0.2, 0.25) is 0 Å². The second-order valence-corrected chi connectivity index (χ2v) is 4.33. The van der Waals surface area contributed by atoms with Crippen molar-refractivity contribution in [1.29, 1.82) is 0 Å². The van der Waals surface area contributed by atoms with Gasteiger partial charge in [-0.1, -0.05) is 24.3 Å². The highest BCUT2D eigenvalue weighted by Gasteiger charge is 2.05. The van der Waals surface area contributed by atoms with Gasteiger partial charge >= 0.3 is 0 Å². The van der Waals surface area contributed by atoms with Crippen molar-refractivity contribution in [3.63, 3.8) is 0 Å². The molecule has 0 saturated heterocycles. The van der Waals surface area contributed by atoms with Crippen molar-refractivity contribution < 1.29 is 4.79 Å². The summed E-state index contributed by atoms with van der Waals surface area (Å²) in [4.78, 5) is 12.0. The number of carbonyl (C=O) groups excluding carboxylic acids is 1. The lowest BCUT2D eigenvalue weighted by molar-refractivity contribution is 0.0951. The van der Waals surface area contributed by atoms with Crippen LogP contribution in [0.1, 0.15) is 21.5 Å². The van der Waals surface area contributed by atoms with Crippen LogP contribution in [0, 0.1) is 0 Å². The summed E-state index contributed by atoms with van der Waals surface area (Å²) < 4.78 is 0. The van der Waals surface area contributed by atoms with Crippen LogP contribution in [0.25, 0.3) is 0 Å². The number of hydrogen-bond acceptors (Lipinski definition) is 3. The minimum Gasteiger partial charge on any atom is -0.399 e. The molecule has 0 aliphatic carbocycles. The van der Waals surface area contributed by atoms with Gasteiger partial charge in [-0.15, -0.1) is 0 Å². The van der Waals surface area contributed by atoms with Gasteiger partial charge in [-0.05, 0) is 35.4 Å². The minimum absolute atomic E-state index is 0.105. The number of carbonyl (C=O) groups is 1. The molecule has 0 atom stereocenters. The molecule has 0 unspecified atom stereocenters. The Hall–Kier alpha value is -2.33. The first kappa shape index (κ1) is 13.1. The molecule has 0 spiro atoms.